The number of hydrogen-bond donors (Lipinski definition) is 1. The molecule has 1 fully saturated rings. The second-order valence-corrected chi connectivity index (χ2v) is 7.32. The van der Waals surface area contributed by atoms with Gasteiger partial charge >= 0.3 is 6.03 Å². The Hall–Kier alpha value is -1.65. The quantitative estimate of drug-likeness (QED) is 0.806. The SMILES string of the molecule is Cc1ccc(C2SCCN2C(=O)Nc2ccc(C)c(Cl)c2)cc1. The van der Waals surface area contributed by atoms with Crippen LogP contribution >= 0.6 is 23.4 Å². The number of rotatable bonds is 2. The van der Waals surface area contributed by atoms with Gasteiger partial charge in [0.25, 0.3) is 0 Å². The molecule has 1 atom stereocenters. The smallest absolute Gasteiger partial charge is 0.308 e. The molecule has 0 radical (unpaired) electrons. The Bertz CT molecular complexity index is 717. The average Bonchev–Trinajstić information content (AvgIpc) is 3.01. The summed E-state index contributed by atoms with van der Waals surface area (Å²) in [7, 11) is 0. The molecule has 1 N–H and O–H groups in total. The first-order valence-corrected chi connectivity index (χ1v) is 8.99. The maximum atomic E-state index is 12.6. The molecule has 2 amide bonds. The fraction of sp³-hybridized carbons (Fsp3) is 0.278. The normalized spacial score (nSPS) is 17.3. The van der Waals surface area contributed by atoms with Crippen molar-refractivity contribution in [2.45, 2.75) is 19.2 Å². The van der Waals surface area contributed by atoms with Crippen molar-refractivity contribution in [2.75, 3.05) is 17.6 Å². The molecule has 3 rings (SSSR count). The van der Waals surface area contributed by atoms with Crippen LogP contribution in [0.4, 0.5) is 10.5 Å². The number of benzene rings is 2. The molecule has 2 aromatic rings. The predicted octanol–water partition coefficient (Wildman–Crippen LogP) is 5.24. The molecule has 1 aliphatic rings. The van der Waals surface area contributed by atoms with Gasteiger partial charge < -0.3 is 10.2 Å². The van der Waals surface area contributed by atoms with E-state index in [1.807, 2.05) is 24.0 Å². The number of carbonyl (C=O) groups is 1. The zero-order valence-corrected chi connectivity index (χ0v) is 14.7. The fourth-order valence-electron chi connectivity index (χ4n) is 2.55. The second-order valence-electron chi connectivity index (χ2n) is 5.72. The van der Waals surface area contributed by atoms with Gasteiger partial charge in [-0.25, -0.2) is 4.79 Å². The molecule has 1 heterocycles. The van der Waals surface area contributed by atoms with Gasteiger partial charge in [-0.3, -0.25) is 0 Å². The van der Waals surface area contributed by atoms with Crippen molar-refractivity contribution in [3.8, 4) is 0 Å². The molecule has 120 valence electrons. The zero-order valence-electron chi connectivity index (χ0n) is 13.2. The summed E-state index contributed by atoms with van der Waals surface area (Å²) in [5.74, 6) is 0.945. The number of amides is 2. The molecular formula is C18H19ClN2OS. The van der Waals surface area contributed by atoms with Gasteiger partial charge in [-0.2, -0.15) is 0 Å². The number of thioether (sulfide) groups is 1. The third-order valence-electron chi connectivity index (χ3n) is 3.94. The monoisotopic (exact) mass is 346 g/mol. The molecule has 0 saturated carbocycles. The number of urea groups is 1. The molecular weight excluding hydrogens is 328 g/mol. The van der Waals surface area contributed by atoms with Crippen molar-refractivity contribution >= 4 is 35.1 Å². The number of anilines is 1. The number of halogens is 1. The maximum Gasteiger partial charge on any atom is 0.323 e. The lowest BCUT2D eigenvalue weighted by atomic mass is 10.1. The molecule has 5 heteroatoms. The van der Waals surface area contributed by atoms with Crippen LogP contribution in [-0.4, -0.2) is 23.2 Å². The van der Waals surface area contributed by atoms with E-state index >= 15 is 0 Å². The van der Waals surface area contributed by atoms with E-state index in [1.54, 1.807) is 17.8 Å². The first kappa shape index (κ1) is 16.2. The van der Waals surface area contributed by atoms with Gasteiger partial charge in [0.15, 0.2) is 0 Å². The van der Waals surface area contributed by atoms with Crippen LogP contribution in [0.5, 0.6) is 0 Å². The predicted molar refractivity (Wildman–Crippen MR) is 98.3 cm³/mol. The molecule has 3 nitrogen and oxygen atoms in total. The lowest BCUT2D eigenvalue weighted by Gasteiger charge is -2.24. The molecule has 1 unspecified atom stereocenters. The number of nitrogens with zero attached hydrogens (tertiary/aromatic N) is 1. The lowest BCUT2D eigenvalue weighted by molar-refractivity contribution is 0.214. The fourth-order valence-corrected chi connectivity index (χ4v) is 3.99. The standard InChI is InChI=1S/C18H19ClN2OS/c1-12-3-6-14(7-4-12)17-21(9-10-23-17)18(22)20-15-8-5-13(2)16(19)11-15/h3-8,11,17H,9-10H2,1-2H3,(H,20,22). The number of nitrogens with one attached hydrogen (secondary N) is 1. The van der Waals surface area contributed by atoms with Crippen LogP contribution in [0, 0.1) is 13.8 Å². The highest BCUT2D eigenvalue weighted by molar-refractivity contribution is 7.99. The van der Waals surface area contributed by atoms with Crippen molar-refractivity contribution in [1.29, 1.82) is 0 Å². The molecule has 0 bridgehead atoms. The van der Waals surface area contributed by atoms with Crippen LogP contribution in [0.2, 0.25) is 5.02 Å². The van der Waals surface area contributed by atoms with E-state index in [4.69, 9.17) is 11.6 Å². The molecule has 23 heavy (non-hydrogen) atoms. The number of aryl methyl sites for hydroxylation is 2. The van der Waals surface area contributed by atoms with Gasteiger partial charge in [0, 0.05) is 23.0 Å². The Labute approximate surface area is 146 Å². The Balaban J connectivity index is 1.75. The van der Waals surface area contributed by atoms with Crippen LogP contribution in [0.15, 0.2) is 42.5 Å². The largest absolute Gasteiger partial charge is 0.323 e. The van der Waals surface area contributed by atoms with E-state index in [9.17, 15) is 4.79 Å². The summed E-state index contributed by atoms with van der Waals surface area (Å²) >= 11 is 7.92. The molecule has 1 saturated heterocycles. The third-order valence-corrected chi connectivity index (χ3v) is 5.61. The van der Waals surface area contributed by atoms with Gasteiger partial charge in [-0.1, -0.05) is 47.5 Å². The summed E-state index contributed by atoms with van der Waals surface area (Å²) in [5, 5.41) is 3.68. The first-order chi connectivity index (χ1) is 11.0. The molecule has 2 aromatic carbocycles. The van der Waals surface area contributed by atoms with Crippen LogP contribution < -0.4 is 5.32 Å². The Morgan fingerprint density at radius 2 is 1.96 bits per heavy atom. The molecule has 1 aliphatic heterocycles. The molecule has 0 aromatic heterocycles. The highest BCUT2D eigenvalue weighted by Crippen LogP contribution is 2.38. The van der Waals surface area contributed by atoms with E-state index in [1.165, 1.54) is 5.56 Å². The van der Waals surface area contributed by atoms with Gasteiger partial charge in [-0.15, -0.1) is 11.8 Å². The van der Waals surface area contributed by atoms with E-state index in [0.717, 1.165) is 29.1 Å². The molecule has 0 aliphatic carbocycles. The Morgan fingerprint density at radius 1 is 1.22 bits per heavy atom. The van der Waals surface area contributed by atoms with Crippen molar-refractivity contribution in [3.05, 3.63) is 64.2 Å². The highest BCUT2D eigenvalue weighted by Gasteiger charge is 2.30. The van der Waals surface area contributed by atoms with Crippen LogP contribution in [-0.2, 0) is 0 Å². The van der Waals surface area contributed by atoms with Crippen LogP contribution in [0.1, 0.15) is 22.1 Å². The summed E-state index contributed by atoms with van der Waals surface area (Å²) in [6, 6.07) is 13.9. The minimum Gasteiger partial charge on any atom is -0.308 e. The maximum absolute atomic E-state index is 12.6. The van der Waals surface area contributed by atoms with Crippen molar-refractivity contribution < 1.29 is 4.79 Å². The summed E-state index contributed by atoms with van der Waals surface area (Å²) in [4.78, 5) is 14.5. The topological polar surface area (TPSA) is 32.3 Å². The Kier molecular flexibility index (Phi) is 4.83. The minimum atomic E-state index is -0.0829. The van der Waals surface area contributed by atoms with Crippen molar-refractivity contribution in [1.82, 2.24) is 4.90 Å². The summed E-state index contributed by atoms with van der Waals surface area (Å²) in [5.41, 5.74) is 4.11. The van der Waals surface area contributed by atoms with Gasteiger partial charge in [0.1, 0.15) is 5.37 Å². The third kappa shape index (κ3) is 3.65. The Morgan fingerprint density at radius 3 is 2.65 bits per heavy atom. The summed E-state index contributed by atoms with van der Waals surface area (Å²) in [6.07, 6.45) is 0. The minimum absolute atomic E-state index is 0.0662. The van der Waals surface area contributed by atoms with E-state index < -0.39 is 0 Å². The van der Waals surface area contributed by atoms with Gasteiger partial charge in [0.2, 0.25) is 0 Å². The molecule has 0 spiro atoms. The van der Waals surface area contributed by atoms with Gasteiger partial charge in [-0.05, 0) is 37.1 Å². The van der Waals surface area contributed by atoms with E-state index in [0.29, 0.717) is 5.02 Å². The van der Waals surface area contributed by atoms with Crippen LogP contribution in [0.25, 0.3) is 0 Å². The average molecular weight is 347 g/mol. The van der Waals surface area contributed by atoms with Crippen LogP contribution in [0.3, 0.4) is 0 Å². The zero-order chi connectivity index (χ0) is 16.4. The lowest BCUT2D eigenvalue weighted by Crippen LogP contribution is -2.34. The van der Waals surface area contributed by atoms with Crippen molar-refractivity contribution in [3.63, 3.8) is 0 Å². The second kappa shape index (κ2) is 6.85. The van der Waals surface area contributed by atoms with Gasteiger partial charge in [0.05, 0.1) is 0 Å². The number of carbonyl (C=O) groups excluding carboxylic acids is 1. The van der Waals surface area contributed by atoms with Crippen molar-refractivity contribution in [2.24, 2.45) is 0 Å². The highest BCUT2D eigenvalue weighted by atomic mass is 35.5. The van der Waals surface area contributed by atoms with E-state index in [2.05, 4.69) is 36.5 Å². The first-order valence-electron chi connectivity index (χ1n) is 7.56. The summed E-state index contributed by atoms with van der Waals surface area (Å²) in [6.45, 7) is 4.75. The van der Waals surface area contributed by atoms with E-state index in [-0.39, 0.29) is 11.4 Å². The summed E-state index contributed by atoms with van der Waals surface area (Å²) < 4.78 is 0. The number of hydrogen-bond acceptors (Lipinski definition) is 2.